The standard InChI is InChI=1S/C15H21ClFN/c1-2-10-3-4-11(9-18)14(7-10)13-6-5-12(16)8-15(13)17/h5-6,8,10-11,14H,2-4,7,9,18H2,1H3. The van der Waals surface area contributed by atoms with Crippen LogP contribution in [0.25, 0.3) is 0 Å². The van der Waals surface area contributed by atoms with Crippen LogP contribution in [-0.4, -0.2) is 6.54 Å². The fourth-order valence-electron chi connectivity index (χ4n) is 3.16. The molecular formula is C15H21ClFN. The first kappa shape index (κ1) is 13.8. The van der Waals surface area contributed by atoms with E-state index in [1.54, 1.807) is 6.07 Å². The maximum atomic E-state index is 14.1. The van der Waals surface area contributed by atoms with E-state index in [9.17, 15) is 4.39 Å². The van der Waals surface area contributed by atoms with Crippen LogP contribution in [0.15, 0.2) is 18.2 Å². The van der Waals surface area contributed by atoms with Gasteiger partial charge in [-0.25, -0.2) is 4.39 Å². The Morgan fingerprint density at radius 3 is 2.78 bits per heavy atom. The van der Waals surface area contributed by atoms with Crippen LogP contribution in [0.4, 0.5) is 4.39 Å². The van der Waals surface area contributed by atoms with Crippen molar-refractivity contribution in [3.8, 4) is 0 Å². The second-order valence-electron chi connectivity index (χ2n) is 5.36. The van der Waals surface area contributed by atoms with Gasteiger partial charge < -0.3 is 5.73 Å². The van der Waals surface area contributed by atoms with Crippen molar-refractivity contribution >= 4 is 11.6 Å². The molecule has 18 heavy (non-hydrogen) atoms. The van der Waals surface area contributed by atoms with E-state index >= 15 is 0 Å². The maximum Gasteiger partial charge on any atom is 0.128 e. The highest BCUT2D eigenvalue weighted by Crippen LogP contribution is 2.42. The maximum absolute atomic E-state index is 14.1. The Morgan fingerprint density at radius 1 is 1.39 bits per heavy atom. The number of halogens is 2. The molecule has 3 atom stereocenters. The summed E-state index contributed by atoms with van der Waals surface area (Å²) in [7, 11) is 0. The molecule has 3 unspecified atom stereocenters. The summed E-state index contributed by atoms with van der Waals surface area (Å²) < 4.78 is 14.1. The zero-order valence-corrected chi connectivity index (χ0v) is 11.6. The molecule has 3 heteroatoms. The minimum absolute atomic E-state index is 0.178. The first-order valence-electron chi connectivity index (χ1n) is 6.80. The fraction of sp³-hybridized carbons (Fsp3) is 0.600. The Kier molecular flexibility index (Phi) is 4.63. The Labute approximate surface area is 114 Å². The van der Waals surface area contributed by atoms with Crippen molar-refractivity contribution in [1.29, 1.82) is 0 Å². The molecule has 0 bridgehead atoms. The summed E-state index contributed by atoms with van der Waals surface area (Å²) in [6.07, 6.45) is 4.56. The summed E-state index contributed by atoms with van der Waals surface area (Å²) in [4.78, 5) is 0. The van der Waals surface area contributed by atoms with E-state index in [1.807, 2.05) is 6.07 Å². The summed E-state index contributed by atoms with van der Waals surface area (Å²) in [5.41, 5.74) is 6.65. The van der Waals surface area contributed by atoms with Gasteiger partial charge in [0.1, 0.15) is 5.82 Å². The van der Waals surface area contributed by atoms with Crippen LogP contribution in [0.1, 0.15) is 44.1 Å². The second-order valence-corrected chi connectivity index (χ2v) is 5.79. The van der Waals surface area contributed by atoms with Crippen molar-refractivity contribution in [3.05, 3.63) is 34.6 Å². The van der Waals surface area contributed by atoms with E-state index in [0.717, 1.165) is 18.4 Å². The summed E-state index contributed by atoms with van der Waals surface area (Å²) in [5, 5.41) is 0.461. The van der Waals surface area contributed by atoms with Crippen molar-refractivity contribution in [2.45, 2.75) is 38.5 Å². The number of hydrogen-bond donors (Lipinski definition) is 1. The van der Waals surface area contributed by atoms with Gasteiger partial charge in [-0.2, -0.15) is 0 Å². The number of benzene rings is 1. The van der Waals surface area contributed by atoms with Crippen LogP contribution in [0.2, 0.25) is 5.02 Å². The SMILES string of the molecule is CCC1CCC(CN)C(c2ccc(Cl)cc2F)C1. The van der Waals surface area contributed by atoms with Crippen LogP contribution >= 0.6 is 11.6 Å². The lowest BCUT2D eigenvalue weighted by Crippen LogP contribution is -2.29. The van der Waals surface area contributed by atoms with Gasteiger partial charge in [-0.1, -0.05) is 37.4 Å². The van der Waals surface area contributed by atoms with Gasteiger partial charge in [0.15, 0.2) is 0 Å². The number of rotatable bonds is 3. The molecule has 2 rings (SSSR count). The van der Waals surface area contributed by atoms with Crippen molar-refractivity contribution < 1.29 is 4.39 Å². The van der Waals surface area contributed by atoms with Crippen LogP contribution in [0.3, 0.4) is 0 Å². The molecule has 1 saturated carbocycles. The summed E-state index contributed by atoms with van der Waals surface area (Å²) in [6.45, 7) is 2.85. The first-order chi connectivity index (χ1) is 8.65. The predicted molar refractivity (Wildman–Crippen MR) is 74.3 cm³/mol. The van der Waals surface area contributed by atoms with Crippen molar-refractivity contribution in [2.24, 2.45) is 17.6 Å². The molecule has 1 aromatic rings. The van der Waals surface area contributed by atoms with Crippen LogP contribution in [0.5, 0.6) is 0 Å². The van der Waals surface area contributed by atoms with Gasteiger partial charge in [-0.05, 0) is 54.8 Å². The quantitative estimate of drug-likeness (QED) is 0.867. The molecule has 1 aliphatic carbocycles. The topological polar surface area (TPSA) is 26.0 Å². The zero-order valence-electron chi connectivity index (χ0n) is 10.8. The van der Waals surface area contributed by atoms with Crippen molar-refractivity contribution in [2.75, 3.05) is 6.54 Å². The van der Waals surface area contributed by atoms with E-state index in [2.05, 4.69) is 6.92 Å². The second kappa shape index (κ2) is 6.03. The highest BCUT2D eigenvalue weighted by molar-refractivity contribution is 6.30. The van der Waals surface area contributed by atoms with E-state index in [-0.39, 0.29) is 11.7 Å². The molecule has 0 aliphatic heterocycles. The lowest BCUT2D eigenvalue weighted by Gasteiger charge is -2.35. The molecular weight excluding hydrogens is 249 g/mol. The van der Waals surface area contributed by atoms with Gasteiger partial charge in [0.2, 0.25) is 0 Å². The smallest absolute Gasteiger partial charge is 0.128 e. The molecule has 100 valence electrons. The molecule has 1 nitrogen and oxygen atoms in total. The average molecular weight is 270 g/mol. The molecule has 0 saturated heterocycles. The van der Waals surface area contributed by atoms with Gasteiger partial charge in [-0.15, -0.1) is 0 Å². The van der Waals surface area contributed by atoms with Gasteiger partial charge in [0.05, 0.1) is 0 Å². The minimum atomic E-state index is -0.178. The first-order valence-corrected chi connectivity index (χ1v) is 7.18. The number of nitrogens with two attached hydrogens (primary N) is 1. The third-order valence-corrected chi connectivity index (χ3v) is 4.58. The van der Waals surface area contributed by atoms with Crippen molar-refractivity contribution in [3.63, 3.8) is 0 Å². The molecule has 0 spiro atoms. The summed E-state index contributed by atoms with van der Waals surface area (Å²) >= 11 is 5.82. The Balaban J connectivity index is 2.26. The normalized spacial score (nSPS) is 28.3. The summed E-state index contributed by atoms with van der Waals surface area (Å²) in [5.74, 6) is 1.19. The zero-order chi connectivity index (χ0) is 13.1. The van der Waals surface area contributed by atoms with Gasteiger partial charge >= 0.3 is 0 Å². The number of hydrogen-bond acceptors (Lipinski definition) is 1. The lowest BCUT2D eigenvalue weighted by molar-refractivity contribution is 0.232. The molecule has 0 amide bonds. The Hall–Kier alpha value is -0.600. The van der Waals surface area contributed by atoms with Crippen LogP contribution in [-0.2, 0) is 0 Å². The van der Waals surface area contributed by atoms with Gasteiger partial charge in [0.25, 0.3) is 0 Å². The van der Waals surface area contributed by atoms with Gasteiger partial charge in [0, 0.05) is 5.02 Å². The van der Waals surface area contributed by atoms with Crippen molar-refractivity contribution in [1.82, 2.24) is 0 Å². The predicted octanol–water partition coefficient (Wildman–Crippen LogP) is 4.35. The van der Waals surface area contributed by atoms with E-state index in [1.165, 1.54) is 18.9 Å². The third kappa shape index (κ3) is 2.86. The average Bonchev–Trinajstić information content (AvgIpc) is 2.38. The van der Waals surface area contributed by atoms with E-state index < -0.39 is 0 Å². The molecule has 1 aromatic carbocycles. The van der Waals surface area contributed by atoms with Crippen LogP contribution < -0.4 is 5.73 Å². The van der Waals surface area contributed by atoms with E-state index in [4.69, 9.17) is 17.3 Å². The Bertz CT molecular complexity index is 407. The molecule has 0 heterocycles. The fourth-order valence-corrected chi connectivity index (χ4v) is 3.32. The molecule has 1 fully saturated rings. The molecule has 0 radical (unpaired) electrons. The minimum Gasteiger partial charge on any atom is -0.330 e. The third-order valence-electron chi connectivity index (χ3n) is 4.34. The summed E-state index contributed by atoms with van der Waals surface area (Å²) in [6, 6.07) is 5.03. The Morgan fingerprint density at radius 2 is 2.17 bits per heavy atom. The molecule has 0 aromatic heterocycles. The lowest BCUT2D eigenvalue weighted by atomic mass is 9.70. The highest BCUT2D eigenvalue weighted by atomic mass is 35.5. The molecule has 2 N–H and O–H groups in total. The largest absolute Gasteiger partial charge is 0.330 e. The highest BCUT2D eigenvalue weighted by Gasteiger charge is 2.31. The van der Waals surface area contributed by atoms with Crippen LogP contribution in [0, 0.1) is 17.7 Å². The van der Waals surface area contributed by atoms with Gasteiger partial charge in [-0.3, -0.25) is 0 Å². The monoisotopic (exact) mass is 269 g/mol. The molecule has 1 aliphatic rings. The van der Waals surface area contributed by atoms with E-state index in [0.29, 0.717) is 23.4 Å².